The van der Waals surface area contributed by atoms with Crippen molar-refractivity contribution < 1.29 is 0 Å². The van der Waals surface area contributed by atoms with Crippen molar-refractivity contribution in [2.45, 2.75) is 13.8 Å². The van der Waals surface area contributed by atoms with Crippen LogP contribution in [0, 0.1) is 0 Å². The van der Waals surface area contributed by atoms with Crippen LogP contribution in [0.3, 0.4) is 0 Å². The fourth-order valence-corrected chi connectivity index (χ4v) is 1.87. The van der Waals surface area contributed by atoms with Crippen LogP contribution < -0.4 is 4.90 Å². The van der Waals surface area contributed by atoms with Gasteiger partial charge in [0.05, 0.1) is 6.54 Å². The van der Waals surface area contributed by atoms with Crippen molar-refractivity contribution in [2.75, 3.05) is 18.0 Å². The molecular formula is C13H16N2. The second kappa shape index (κ2) is 4.30. The van der Waals surface area contributed by atoms with Crippen LogP contribution in [0.1, 0.15) is 13.8 Å². The molecule has 0 saturated heterocycles. The van der Waals surface area contributed by atoms with Gasteiger partial charge in [-0.3, -0.25) is 4.99 Å². The summed E-state index contributed by atoms with van der Waals surface area (Å²) in [4.78, 5) is 6.75. The largest absolute Gasteiger partial charge is 0.343 e. The molecule has 78 valence electrons. The highest BCUT2D eigenvalue weighted by Crippen LogP contribution is 2.19. The molecule has 2 heteroatoms. The molecule has 15 heavy (non-hydrogen) atoms. The molecule has 1 heterocycles. The number of benzene rings is 1. The maximum atomic E-state index is 4.45. The first kappa shape index (κ1) is 9.97. The molecule has 0 aliphatic carbocycles. The lowest BCUT2D eigenvalue weighted by molar-refractivity contribution is 0.892. The lowest BCUT2D eigenvalue weighted by Gasteiger charge is -2.23. The number of para-hydroxylation sites is 1. The Morgan fingerprint density at radius 3 is 2.60 bits per heavy atom. The molecule has 0 aromatic heterocycles. The predicted octanol–water partition coefficient (Wildman–Crippen LogP) is 2.87. The molecule has 0 atom stereocenters. The number of anilines is 1. The Bertz CT molecular complexity index is 390. The Kier molecular flexibility index (Phi) is 2.86. The maximum Gasteiger partial charge on any atom is 0.0572 e. The number of aliphatic imine (C=N–C) groups is 1. The van der Waals surface area contributed by atoms with Gasteiger partial charge in [0.15, 0.2) is 0 Å². The lowest BCUT2D eigenvalue weighted by Crippen LogP contribution is -2.23. The van der Waals surface area contributed by atoms with Gasteiger partial charge in [0.1, 0.15) is 0 Å². The molecular weight excluding hydrogens is 184 g/mol. The van der Waals surface area contributed by atoms with E-state index in [0.29, 0.717) is 0 Å². The summed E-state index contributed by atoms with van der Waals surface area (Å²) in [5.41, 5.74) is 3.63. The molecule has 0 bridgehead atoms. The highest BCUT2D eigenvalue weighted by atomic mass is 15.2. The molecule has 0 N–H and O–H groups in total. The summed E-state index contributed by atoms with van der Waals surface area (Å²) in [6, 6.07) is 10.5. The van der Waals surface area contributed by atoms with Gasteiger partial charge in [-0.05, 0) is 32.1 Å². The minimum absolute atomic E-state index is 0.870. The van der Waals surface area contributed by atoms with Crippen LogP contribution in [0.4, 0.5) is 5.69 Å². The summed E-state index contributed by atoms with van der Waals surface area (Å²) >= 11 is 0. The van der Waals surface area contributed by atoms with Crippen LogP contribution in [-0.2, 0) is 0 Å². The average molecular weight is 200 g/mol. The molecule has 1 aromatic carbocycles. The Balaban J connectivity index is 2.28. The van der Waals surface area contributed by atoms with Crippen LogP contribution in [-0.4, -0.2) is 18.8 Å². The third kappa shape index (κ3) is 2.27. The average Bonchev–Trinajstić information content (AvgIpc) is 2.40. The zero-order valence-electron chi connectivity index (χ0n) is 9.27. The minimum atomic E-state index is 0.870. The van der Waals surface area contributed by atoms with Gasteiger partial charge < -0.3 is 4.90 Å². The van der Waals surface area contributed by atoms with Gasteiger partial charge >= 0.3 is 0 Å². The van der Waals surface area contributed by atoms with Gasteiger partial charge in [-0.1, -0.05) is 18.2 Å². The van der Waals surface area contributed by atoms with E-state index >= 15 is 0 Å². The maximum absolute atomic E-state index is 4.45. The van der Waals surface area contributed by atoms with Crippen molar-refractivity contribution in [1.82, 2.24) is 0 Å². The van der Waals surface area contributed by atoms with Crippen molar-refractivity contribution in [2.24, 2.45) is 4.99 Å². The van der Waals surface area contributed by atoms with E-state index in [4.69, 9.17) is 0 Å². The molecule has 1 aromatic rings. The van der Waals surface area contributed by atoms with E-state index < -0.39 is 0 Å². The van der Waals surface area contributed by atoms with Gasteiger partial charge in [-0.15, -0.1) is 0 Å². The highest BCUT2D eigenvalue weighted by Gasteiger charge is 2.10. The smallest absolute Gasteiger partial charge is 0.0572 e. The molecule has 0 fully saturated rings. The third-order valence-corrected chi connectivity index (χ3v) is 2.60. The van der Waals surface area contributed by atoms with Crippen molar-refractivity contribution in [3.05, 3.63) is 42.1 Å². The summed E-state index contributed by atoms with van der Waals surface area (Å²) < 4.78 is 0. The standard InChI is InChI=1S/C13H16N2/c1-11-10-12(2)15(9-8-14-11)13-6-4-3-5-7-13/h3-7,10H,8-9H2,1-2H3. The summed E-state index contributed by atoms with van der Waals surface area (Å²) in [5.74, 6) is 0. The third-order valence-electron chi connectivity index (χ3n) is 2.60. The van der Waals surface area contributed by atoms with E-state index in [1.54, 1.807) is 0 Å². The van der Waals surface area contributed by atoms with Gasteiger partial charge in [0.25, 0.3) is 0 Å². The first-order chi connectivity index (χ1) is 7.27. The molecule has 0 amide bonds. The second-order valence-corrected chi connectivity index (χ2v) is 3.80. The van der Waals surface area contributed by atoms with E-state index in [-0.39, 0.29) is 0 Å². The number of allylic oxidation sites excluding steroid dienone is 2. The van der Waals surface area contributed by atoms with E-state index in [1.807, 2.05) is 6.07 Å². The summed E-state index contributed by atoms with van der Waals surface area (Å²) in [7, 11) is 0. The second-order valence-electron chi connectivity index (χ2n) is 3.80. The monoisotopic (exact) mass is 200 g/mol. The predicted molar refractivity (Wildman–Crippen MR) is 65.5 cm³/mol. The van der Waals surface area contributed by atoms with Crippen molar-refractivity contribution in [3.63, 3.8) is 0 Å². The molecule has 0 radical (unpaired) electrons. The fraction of sp³-hybridized carbons (Fsp3) is 0.308. The fourth-order valence-electron chi connectivity index (χ4n) is 1.87. The van der Waals surface area contributed by atoms with Gasteiger partial charge in [-0.2, -0.15) is 0 Å². The topological polar surface area (TPSA) is 15.6 Å². The number of nitrogens with zero attached hydrogens (tertiary/aromatic N) is 2. The molecule has 2 nitrogen and oxygen atoms in total. The molecule has 0 saturated carbocycles. The van der Waals surface area contributed by atoms with Gasteiger partial charge in [-0.25, -0.2) is 0 Å². The van der Waals surface area contributed by atoms with Crippen LogP contribution >= 0.6 is 0 Å². The summed E-state index contributed by atoms with van der Waals surface area (Å²) in [6.07, 6.45) is 2.14. The number of hydrogen-bond donors (Lipinski definition) is 0. The zero-order chi connectivity index (χ0) is 10.7. The first-order valence-electron chi connectivity index (χ1n) is 5.29. The van der Waals surface area contributed by atoms with Crippen molar-refractivity contribution in [1.29, 1.82) is 0 Å². The van der Waals surface area contributed by atoms with Crippen molar-refractivity contribution in [3.8, 4) is 0 Å². The van der Waals surface area contributed by atoms with E-state index in [1.165, 1.54) is 11.4 Å². The van der Waals surface area contributed by atoms with E-state index in [0.717, 1.165) is 18.8 Å². The van der Waals surface area contributed by atoms with Crippen LogP contribution in [0.2, 0.25) is 0 Å². The van der Waals surface area contributed by atoms with E-state index in [9.17, 15) is 0 Å². The first-order valence-corrected chi connectivity index (χ1v) is 5.29. The Morgan fingerprint density at radius 2 is 1.87 bits per heavy atom. The van der Waals surface area contributed by atoms with Crippen LogP contribution in [0.5, 0.6) is 0 Å². The normalized spacial score (nSPS) is 16.8. The lowest BCUT2D eigenvalue weighted by atomic mass is 10.2. The van der Waals surface area contributed by atoms with Crippen LogP contribution in [0.25, 0.3) is 0 Å². The number of hydrogen-bond acceptors (Lipinski definition) is 2. The molecule has 0 spiro atoms. The number of rotatable bonds is 1. The van der Waals surface area contributed by atoms with E-state index in [2.05, 4.69) is 54.1 Å². The molecule has 2 rings (SSSR count). The Morgan fingerprint density at radius 1 is 1.13 bits per heavy atom. The quantitative estimate of drug-likeness (QED) is 0.680. The van der Waals surface area contributed by atoms with Gasteiger partial charge in [0.2, 0.25) is 0 Å². The SMILES string of the molecule is CC1=CC(C)=NCCN1c1ccccc1. The molecule has 1 aliphatic heterocycles. The Hall–Kier alpha value is -1.57. The minimum Gasteiger partial charge on any atom is -0.343 e. The van der Waals surface area contributed by atoms with Crippen molar-refractivity contribution >= 4 is 11.4 Å². The van der Waals surface area contributed by atoms with Crippen LogP contribution in [0.15, 0.2) is 47.1 Å². The highest BCUT2D eigenvalue weighted by molar-refractivity contribution is 5.94. The zero-order valence-corrected chi connectivity index (χ0v) is 9.27. The summed E-state index contributed by atoms with van der Waals surface area (Å²) in [6.45, 7) is 6.02. The van der Waals surface area contributed by atoms with Gasteiger partial charge in [0, 0.05) is 23.6 Å². The molecule has 1 aliphatic rings. The Labute approximate surface area is 90.9 Å². The summed E-state index contributed by atoms with van der Waals surface area (Å²) in [5, 5.41) is 0. The molecule has 0 unspecified atom stereocenters.